The predicted octanol–water partition coefficient (Wildman–Crippen LogP) is 5.47. The van der Waals surface area contributed by atoms with Gasteiger partial charge in [-0.05, 0) is 60.2 Å². The van der Waals surface area contributed by atoms with Crippen molar-refractivity contribution in [1.82, 2.24) is 4.90 Å². The third-order valence-electron chi connectivity index (χ3n) is 5.97. The van der Waals surface area contributed by atoms with Crippen molar-refractivity contribution in [3.8, 4) is 5.75 Å². The van der Waals surface area contributed by atoms with Crippen LogP contribution in [0.2, 0.25) is 5.02 Å². The number of fused-ring (bicyclic) bond motifs is 2. The van der Waals surface area contributed by atoms with Crippen LogP contribution in [0.25, 0.3) is 0 Å². The molecule has 2 aliphatic rings. The minimum Gasteiger partial charge on any atom is -0.497 e. The molecule has 0 aromatic heterocycles. The predicted molar refractivity (Wildman–Crippen MR) is 132 cm³/mol. The van der Waals surface area contributed by atoms with E-state index in [-0.39, 0.29) is 24.3 Å². The fraction of sp³-hybridized carbons (Fsp3) is 0.200. The van der Waals surface area contributed by atoms with Crippen LogP contribution in [0.3, 0.4) is 0 Å². The zero-order valence-corrected chi connectivity index (χ0v) is 19.8. The van der Waals surface area contributed by atoms with E-state index in [4.69, 9.17) is 16.3 Å². The molecule has 0 bridgehead atoms. The van der Waals surface area contributed by atoms with Gasteiger partial charge in [0, 0.05) is 28.6 Å². The highest BCUT2D eigenvalue weighted by atomic mass is 35.5. The molecule has 1 N–H and O–H groups in total. The van der Waals surface area contributed by atoms with E-state index in [1.165, 1.54) is 23.9 Å². The van der Waals surface area contributed by atoms with Crippen LogP contribution >= 0.6 is 23.4 Å². The Hall–Kier alpha value is -3.23. The Labute approximate surface area is 205 Å². The van der Waals surface area contributed by atoms with Crippen LogP contribution in [-0.2, 0) is 16.2 Å². The lowest BCUT2D eigenvalue weighted by Gasteiger charge is -2.33. The number of ether oxygens (including phenoxy) is 1. The van der Waals surface area contributed by atoms with E-state index in [2.05, 4.69) is 5.32 Å². The lowest BCUT2D eigenvalue weighted by Crippen LogP contribution is -2.51. The maximum atomic E-state index is 14.0. The van der Waals surface area contributed by atoms with E-state index in [1.807, 2.05) is 6.07 Å². The molecule has 0 unspecified atom stereocenters. The molecule has 1 atom stereocenters. The number of hydrogen-bond donors (Lipinski definition) is 1. The van der Waals surface area contributed by atoms with E-state index >= 15 is 0 Å². The average molecular weight is 498 g/mol. The van der Waals surface area contributed by atoms with Crippen LogP contribution in [0.1, 0.15) is 11.1 Å². The van der Waals surface area contributed by atoms with Crippen molar-refractivity contribution in [1.29, 1.82) is 0 Å². The zero-order valence-electron chi connectivity index (χ0n) is 18.3. The second-order valence-corrected chi connectivity index (χ2v) is 9.71. The van der Waals surface area contributed by atoms with Crippen LogP contribution in [0.5, 0.6) is 5.75 Å². The molecule has 34 heavy (non-hydrogen) atoms. The van der Waals surface area contributed by atoms with Gasteiger partial charge in [0.05, 0.1) is 19.3 Å². The normalized spacial score (nSPS) is 19.0. The lowest BCUT2D eigenvalue weighted by molar-refractivity contribution is -0.123. The van der Waals surface area contributed by atoms with Crippen LogP contribution in [0.15, 0.2) is 66.7 Å². The number of benzene rings is 3. The highest BCUT2D eigenvalue weighted by molar-refractivity contribution is 8.01. The van der Waals surface area contributed by atoms with E-state index in [0.29, 0.717) is 45.6 Å². The van der Waals surface area contributed by atoms with Crippen molar-refractivity contribution < 1.29 is 18.7 Å². The van der Waals surface area contributed by atoms with Gasteiger partial charge in [-0.15, -0.1) is 11.8 Å². The molecule has 0 radical (unpaired) electrons. The Morgan fingerprint density at radius 2 is 1.97 bits per heavy atom. The van der Waals surface area contributed by atoms with Gasteiger partial charge < -0.3 is 15.0 Å². The SMILES string of the molecule is COc1ccc2c(c1)[C@@]1(SCCN1C(=O)Nc1ccc(Cl)cc1)C(=O)N2Cc1cccc(F)c1. The van der Waals surface area contributed by atoms with Gasteiger partial charge in [0.1, 0.15) is 11.6 Å². The van der Waals surface area contributed by atoms with Crippen molar-refractivity contribution >= 4 is 46.7 Å². The molecule has 1 fully saturated rings. The van der Waals surface area contributed by atoms with Crippen molar-refractivity contribution in [2.24, 2.45) is 0 Å². The number of urea groups is 1. The molecule has 0 aliphatic carbocycles. The van der Waals surface area contributed by atoms with Crippen LogP contribution in [-0.4, -0.2) is 36.2 Å². The maximum Gasteiger partial charge on any atom is 0.323 e. The van der Waals surface area contributed by atoms with E-state index in [1.54, 1.807) is 65.4 Å². The standard InChI is InChI=1S/C25H21ClFN3O3S/c1-33-20-9-10-22-21(14-20)25(23(31)29(22)15-16-3-2-4-18(27)13-16)30(11-12-34-25)24(32)28-19-7-5-17(26)6-8-19/h2-10,13-14H,11-12,15H2,1H3,(H,28,32)/t25-/m1/s1. The Kier molecular flexibility index (Phi) is 5.87. The number of thioether (sulfide) groups is 1. The first kappa shape index (κ1) is 22.6. The number of carbonyl (C=O) groups is 2. The fourth-order valence-corrected chi connectivity index (χ4v) is 6.00. The number of rotatable bonds is 4. The average Bonchev–Trinajstić information content (AvgIpc) is 3.37. The molecule has 3 amide bonds. The quantitative estimate of drug-likeness (QED) is 0.519. The molecule has 3 aromatic rings. The highest BCUT2D eigenvalue weighted by Crippen LogP contribution is 2.55. The van der Waals surface area contributed by atoms with E-state index < -0.39 is 4.87 Å². The summed E-state index contributed by atoms with van der Waals surface area (Å²) in [6, 6.07) is 18.0. The van der Waals surface area contributed by atoms with Gasteiger partial charge in [0.25, 0.3) is 5.91 Å². The topological polar surface area (TPSA) is 61.9 Å². The Bertz CT molecular complexity index is 1270. The maximum absolute atomic E-state index is 14.0. The van der Waals surface area contributed by atoms with Crippen molar-refractivity contribution in [3.63, 3.8) is 0 Å². The second kappa shape index (κ2) is 8.85. The third-order valence-corrected chi connectivity index (χ3v) is 7.64. The number of carbonyl (C=O) groups excluding carboxylic acids is 2. The van der Waals surface area contributed by atoms with Gasteiger partial charge in [-0.25, -0.2) is 9.18 Å². The zero-order chi connectivity index (χ0) is 23.9. The third kappa shape index (κ3) is 3.76. The summed E-state index contributed by atoms with van der Waals surface area (Å²) >= 11 is 7.37. The van der Waals surface area contributed by atoms with Gasteiger partial charge in [-0.1, -0.05) is 23.7 Å². The smallest absolute Gasteiger partial charge is 0.323 e. The Morgan fingerprint density at radius 1 is 1.18 bits per heavy atom. The summed E-state index contributed by atoms with van der Waals surface area (Å²) in [6.45, 7) is 0.575. The molecular formula is C25H21ClFN3O3S. The monoisotopic (exact) mass is 497 g/mol. The van der Waals surface area contributed by atoms with Crippen LogP contribution in [0, 0.1) is 5.82 Å². The summed E-state index contributed by atoms with van der Waals surface area (Å²) < 4.78 is 19.3. The number of methoxy groups -OCH3 is 1. The summed E-state index contributed by atoms with van der Waals surface area (Å²) in [6.07, 6.45) is 0. The first-order valence-corrected chi connectivity index (χ1v) is 12.0. The van der Waals surface area contributed by atoms with Gasteiger partial charge in [-0.3, -0.25) is 9.69 Å². The molecule has 0 saturated carbocycles. The van der Waals surface area contributed by atoms with E-state index in [0.717, 1.165) is 0 Å². The fourth-order valence-electron chi connectivity index (χ4n) is 4.42. The van der Waals surface area contributed by atoms with Gasteiger partial charge in [0.15, 0.2) is 4.87 Å². The largest absolute Gasteiger partial charge is 0.497 e. The molecule has 1 spiro atoms. The summed E-state index contributed by atoms with van der Waals surface area (Å²) in [5.41, 5.74) is 2.59. The Morgan fingerprint density at radius 3 is 2.71 bits per heavy atom. The molecule has 174 valence electrons. The molecule has 5 rings (SSSR count). The van der Waals surface area contributed by atoms with Crippen molar-refractivity contribution in [2.45, 2.75) is 11.4 Å². The number of anilines is 2. The summed E-state index contributed by atoms with van der Waals surface area (Å²) in [4.78, 5) is 29.4. The Balaban J connectivity index is 1.54. The van der Waals surface area contributed by atoms with Crippen LogP contribution in [0.4, 0.5) is 20.6 Å². The van der Waals surface area contributed by atoms with Gasteiger partial charge in [0.2, 0.25) is 0 Å². The number of amides is 3. The first-order chi connectivity index (χ1) is 16.4. The second-order valence-electron chi connectivity index (χ2n) is 7.99. The number of hydrogen-bond acceptors (Lipinski definition) is 4. The summed E-state index contributed by atoms with van der Waals surface area (Å²) in [5, 5.41) is 3.44. The van der Waals surface area contributed by atoms with Gasteiger partial charge >= 0.3 is 6.03 Å². The first-order valence-electron chi connectivity index (χ1n) is 10.7. The molecule has 1 saturated heterocycles. The molecule has 2 heterocycles. The molecule has 6 nitrogen and oxygen atoms in total. The number of halogens is 2. The molecule has 3 aromatic carbocycles. The minimum absolute atomic E-state index is 0.185. The lowest BCUT2D eigenvalue weighted by atomic mass is 10.1. The van der Waals surface area contributed by atoms with Crippen molar-refractivity contribution in [3.05, 3.63) is 88.7 Å². The highest BCUT2D eigenvalue weighted by Gasteiger charge is 2.59. The van der Waals surface area contributed by atoms with E-state index in [9.17, 15) is 14.0 Å². The minimum atomic E-state index is -1.24. The molecular weight excluding hydrogens is 477 g/mol. The number of nitrogens with zero attached hydrogens (tertiary/aromatic N) is 2. The number of nitrogens with one attached hydrogen (secondary N) is 1. The van der Waals surface area contributed by atoms with Crippen LogP contribution < -0.4 is 15.0 Å². The van der Waals surface area contributed by atoms with Gasteiger partial charge in [-0.2, -0.15) is 0 Å². The summed E-state index contributed by atoms with van der Waals surface area (Å²) in [7, 11) is 1.56. The van der Waals surface area contributed by atoms with Crippen molar-refractivity contribution in [2.75, 3.05) is 29.6 Å². The molecule has 9 heteroatoms. The molecule has 2 aliphatic heterocycles. The summed E-state index contributed by atoms with van der Waals surface area (Å²) in [5.74, 6) is 0.565.